The van der Waals surface area contributed by atoms with Crippen LogP contribution in [0.2, 0.25) is 0 Å². The second kappa shape index (κ2) is 10.1. The lowest BCUT2D eigenvalue weighted by Crippen LogP contribution is -2.09. The van der Waals surface area contributed by atoms with Crippen molar-refractivity contribution in [2.45, 2.75) is 33.5 Å². The standard InChI is InChI=1S/C21H24BrN5O2/c1-4-10-27-21(24-25-26-27)23-13-17-11-19(28-5-2)20(12-18(17)22)29-14-16-9-7-6-8-15(16)3/h4,6-9,11-12H,1,5,10,13-14H2,2-3H3,(H,23,24,26). The van der Waals surface area contributed by atoms with E-state index >= 15 is 0 Å². The monoisotopic (exact) mass is 457 g/mol. The number of nitrogens with one attached hydrogen (secondary N) is 1. The minimum absolute atomic E-state index is 0.479. The predicted molar refractivity (Wildman–Crippen MR) is 116 cm³/mol. The van der Waals surface area contributed by atoms with Crippen LogP contribution in [-0.2, 0) is 19.7 Å². The summed E-state index contributed by atoms with van der Waals surface area (Å²) in [6.45, 7) is 9.83. The SMILES string of the molecule is C=CCn1nnnc1NCc1cc(OCC)c(OCc2ccccc2C)cc1Br. The molecule has 1 aromatic heterocycles. The van der Waals surface area contributed by atoms with E-state index in [-0.39, 0.29) is 0 Å². The number of ether oxygens (including phenoxy) is 2. The number of benzene rings is 2. The third-order valence-corrected chi connectivity index (χ3v) is 5.07. The van der Waals surface area contributed by atoms with Gasteiger partial charge in [-0.3, -0.25) is 0 Å². The van der Waals surface area contributed by atoms with Crippen LogP contribution in [0, 0.1) is 6.92 Å². The first-order valence-electron chi connectivity index (χ1n) is 9.35. The molecule has 0 saturated heterocycles. The highest BCUT2D eigenvalue weighted by atomic mass is 79.9. The average Bonchev–Trinajstić information content (AvgIpc) is 3.15. The van der Waals surface area contributed by atoms with Gasteiger partial charge in [0.2, 0.25) is 5.95 Å². The Hall–Kier alpha value is -2.87. The highest BCUT2D eigenvalue weighted by Gasteiger charge is 2.13. The fraction of sp³-hybridized carbons (Fsp3) is 0.286. The van der Waals surface area contributed by atoms with Gasteiger partial charge in [0.15, 0.2) is 11.5 Å². The van der Waals surface area contributed by atoms with Gasteiger partial charge in [0.1, 0.15) is 6.61 Å². The molecule has 0 bridgehead atoms. The molecule has 29 heavy (non-hydrogen) atoms. The molecule has 0 aliphatic heterocycles. The van der Waals surface area contributed by atoms with Gasteiger partial charge >= 0.3 is 0 Å². The van der Waals surface area contributed by atoms with E-state index in [4.69, 9.17) is 9.47 Å². The smallest absolute Gasteiger partial charge is 0.243 e. The van der Waals surface area contributed by atoms with Crippen LogP contribution in [-0.4, -0.2) is 26.8 Å². The molecule has 0 spiro atoms. The fourth-order valence-electron chi connectivity index (χ4n) is 2.77. The average molecular weight is 458 g/mol. The lowest BCUT2D eigenvalue weighted by Gasteiger charge is -2.16. The maximum absolute atomic E-state index is 6.07. The van der Waals surface area contributed by atoms with Crippen molar-refractivity contribution in [2.24, 2.45) is 0 Å². The second-order valence-corrected chi connectivity index (χ2v) is 7.22. The number of aryl methyl sites for hydroxylation is 1. The van der Waals surface area contributed by atoms with E-state index < -0.39 is 0 Å². The van der Waals surface area contributed by atoms with Crippen molar-refractivity contribution in [1.29, 1.82) is 0 Å². The Labute approximate surface area is 178 Å². The number of halogens is 1. The largest absolute Gasteiger partial charge is 0.490 e. The number of rotatable bonds is 10. The molecule has 0 atom stereocenters. The van der Waals surface area contributed by atoms with Gasteiger partial charge in [0.05, 0.1) is 13.2 Å². The van der Waals surface area contributed by atoms with Crippen LogP contribution < -0.4 is 14.8 Å². The van der Waals surface area contributed by atoms with Gasteiger partial charge in [0, 0.05) is 11.0 Å². The maximum atomic E-state index is 6.07. The first kappa shape index (κ1) is 20.9. The third-order valence-electron chi connectivity index (χ3n) is 4.33. The van der Waals surface area contributed by atoms with Crippen LogP contribution in [0.15, 0.2) is 53.5 Å². The molecule has 2 aromatic carbocycles. The quantitative estimate of drug-likeness (QED) is 0.451. The van der Waals surface area contributed by atoms with Crippen LogP contribution >= 0.6 is 15.9 Å². The van der Waals surface area contributed by atoms with Crippen molar-refractivity contribution >= 4 is 21.9 Å². The highest BCUT2D eigenvalue weighted by Crippen LogP contribution is 2.35. The Kier molecular flexibility index (Phi) is 7.24. The van der Waals surface area contributed by atoms with Gasteiger partial charge in [-0.15, -0.1) is 6.58 Å². The number of hydrogen-bond acceptors (Lipinski definition) is 6. The van der Waals surface area contributed by atoms with Crippen LogP contribution in [0.1, 0.15) is 23.6 Å². The van der Waals surface area contributed by atoms with Gasteiger partial charge in [-0.25, -0.2) is 4.68 Å². The molecule has 0 aliphatic rings. The van der Waals surface area contributed by atoms with Crippen LogP contribution in [0.3, 0.4) is 0 Å². The fourth-order valence-corrected chi connectivity index (χ4v) is 3.23. The number of hydrogen-bond donors (Lipinski definition) is 1. The summed E-state index contributed by atoms with van der Waals surface area (Å²) in [5.74, 6) is 1.98. The molecule has 1 heterocycles. The van der Waals surface area contributed by atoms with Crippen molar-refractivity contribution < 1.29 is 9.47 Å². The number of aromatic nitrogens is 4. The van der Waals surface area contributed by atoms with Crippen LogP contribution in [0.25, 0.3) is 0 Å². The van der Waals surface area contributed by atoms with E-state index in [1.807, 2.05) is 31.2 Å². The Bertz CT molecular complexity index is 973. The molecular formula is C21H24BrN5O2. The summed E-state index contributed by atoms with van der Waals surface area (Å²) in [5, 5.41) is 14.9. The minimum atomic E-state index is 0.479. The van der Waals surface area contributed by atoms with Gasteiger partial charge in [-0.05, 0) is 53.1 Å². The lowest BCUT2D eigenvalue weighted by atomic mass is 10.1. The Balaban J connectivity index is 1.75. The zero-order valence-corrected chi connectivity index (χ0v) is 18.1. The Morgan fingerprint density at radius 3 is 2.72 bits per heavy atom. The predicted octanol–water partition coefficient (Wildman–Crippen LogP) is 4.52. The molecule has 0 amide bonds. The topological polar surface area (TPSA) is 74.1 Å². The molecule has 0 saturated carbocycles. The van der Waals surface area contributed by atoms with E-state index in [0.29, 0.717) is 43.8 Å². The summed E-state index contributed by atoms with van der Waals surface area (Å²) in [6.07, 6.45) is 1.74. The molecular weight excluding hydrogens is 434 g/mol. The summed E-state index contributed by atoms with van der Waals surface area (Å²) < 4.78 is 14.4. The van der Waals surface area contributed by atoms with E-state index in [1.54, 1.807) is 10.8 Å². The van der Waals surface area contributed by atoms with Crippen LogP contribution in [0.5, 0.6) is 11.5 Å². The molecule has 3 rings (SSSR count). The van der Waals surface area contributed by atoms with Crippen molar-refractivity contribution in [2.75, 3.05) is 11.9 Å². The molecule has 3 aromatic rings. The van der Waals surface area contributed by atoms with E-state index in [1.165, 1.54) is 5.56 Å². The van der Waals surface area contributed by atoms with Gasteiger partial charge in [-0.2, -0.15) is 0 Å². The normalized spacial score (nSPS) is 10.6. The molecule has 0 unspecified atom stereocenters. The molecule has 0 aliphatic carbocycles. The third kappa shape index (κ3) is 5.35. The number of allylic oxidation sites excluding steroid dienone is 1. The Morgan fingerprint density at radius 1 is 1.17 bits per heavy atom. The van der Waals surface area contributed by atoms with E-state index in [9.17, 15) is 0 Å². The second-order valence-electron chi connectivity index (χ2n) is 6.37. The summed E-state index contributed by atoms with van der Waals surface area (Å²) in [4.78, 5) is 0. The summed E-state index contributed by atoms with van der Waals surface area (Å²) >= 11 is 3.64. The van der Waals surface area contributed by atoms with Gasteiger partial charge in [0.25, 0.3) is 0 Å². The lowest BCUT2D eigenvalue weighted by molar-refractivity contribution is 0.268. The first-order valence-corrected chi connectivity index (χ1v) is 10.1. The van der Waals surface area contributed by atoms with Crippen molar-refractivity contribution in [3.05, 3.63) is 70.2 Å². The molecule has 0 radical (unpaired) electrons. The highest BCUT2D eigenvalue weighted by molar-refractivity contribution is 9.10. The van der Waals surface area contributed by atoms with Crippen molar-refractivity contribution in [1.82, 2.24) is 20.2 Å². The number of tetrazole rings is 1. The van der Waals surface area contributed by atoms with E-state index in [2.05, 4.69) is 62.4 Å². The molecule has 152 valence electrons. The van der Waals surface area contributed by atoms with Crippen molar-refractivity contribution in [3.8, 4) is 11.5 Å². The Morgan fingerprint density at radius 2 is 1.97 bits per heavy atom. The number of anilines is 1. The maximum Gasteiger partial charge on any atom is 0.243 e. The van der Waals surface area contributed by atoms with E-state index in [0.717, 1.165) is 15.6 Å². The summed E-state index contributed by atoms with van der Waals surface area (Å²) in [5.41, 5.74) is 3.35. The molecule has 8 heteroatoms. The first-order chi connectivity index (χ1) is 14.1. The molecule has 1 N–H and O–H groups in total. The summed E-state index contributed by atoms with van der Waals surface area (Å²) in [7, 11) is 0. The zero-order valence-electron chi connectivity index (χ0n) is 16.6. The summed E-state index contributed by atoms with van der Waals surface area (Å²) in [6, 6.07) is 12.1. The van der Waals surface area contributed by atoms with Crippen LogP contribution in [0.4, 0.5) is 5.95 Å². The molecule has 0 fully saturated rings. The zero-order chi connectivity index (χ0) is 20.6. The van der Waals surface area contributed by atoms with Gasteiger partial charge in [-0.1, -0.05) is 51.4 Å². The van der Waals surface area contributed by atoms with Gasteiger partial charge < -0.3 is 14.8 Å². The minimum Gasteiger partial charge on any atom is -0.490 e. The molecule has 7 nitrogen and oxygen atoms in total. The van der Waals surface area contributed by atoms with Crippen molar-refractivity contribution in [3.63, 3.8) is 0 Å². The number of nitrogens with zero attached hydrogens (tertiary/aromatic N) is 4.